The average Bonchev–Trinajstić information content (AvgIpc) is 3.69. The molecule has 4 N–H and O–H groups in total. The van der Waals surface area contributed by atoms with Crippen LogP contribution >= 0.6 is 0 Å². The normalized spacial score (nSPS) is 16.0. The van der Waals surface area contributed by atoms with Crippen LogP contribution in [0.2, 0.25) is 0 Å². The van der Waals surface area contributed by atoms with E-state index in [1.54, 1.807) is 18.1 Å². The van der Waals surface area contributed by atoms with E-state index in [4.69, 9.17) is 38.5 Å². The molecule has 0 bridgehead atoms. The van der Waals surface area contributed by atoms with Crippen LogP contribution in [0.15, 0.2) is 40.9 Å². The fourth-order valence-corrected chi connectivity index (χ4v) is 8.97. The number of methoxy groups -OCH3 is 1. The molecule has 352 valence electrons. The van der Waals surface area contributed by atoms with E-state index in [9.17, 15) is 19.2 Å². The van der Waals surface area contributed by atoms with E-state index in [0.29, 0.717) is 112 Å². The Kier molecular flexibility index (Phi) is 13.6. The van der Waals surface area contributed by atoms with Crippen LogP contribution in [-0.4, -0.2) is 118 Å². The number of nitrogens with one attached hydrogen (secondary N) is 4. The predicted octanol–water partition coefficient (Wildman–Crippen LogP) is 5.79. The largest absolute Gasteiger partial charge is 0.496 e. The Morgan fingerprint density at radius 3 is 2.43 bits per heavy atom. The number of H-pyrrole nitrogens is 1. The fraction of sp³-hybridized carbons (Fsp3) is 0.458. The third-order valence-corrected chi connectivity index (χ3v) is 12.5. The number of nitrogens with zero attached hydrogens (tertiary/aromatic N) is 6. The lowest BCUT2D eigenvalue weighted by Gasteiger charge is -2.29. The van der Waals surface area contributed by atoms with Gasteiger partial charge in [-0.05, 0) is 88.6 Å². The molecule has 1 saturated heterocycles. The molecule has 4 aromatic heterocycles. The molecule has 0 radical (unpaired) electrons. The number of carbonyl (C=O) groups is 4. The van der Waals surface area contributed by atoms with E-state index >= 15 is 0 Å². The summed E-state index contributed by atoms with van der Waals surface area (Å²) < 4.78 is 30.5. The Morgan fingerprint density at radius 2 is 1.72 bits per heavy atom. The summed E-state index contributed by atoms with van der Waals surface area (Å²) in [4.78, 5) is 65.3. The lowest BCUT2D eigenvalue weighted by molar-refractivity contribution is -0.136. The number of ether oxygens (including phenoxy) is 4. The first-order valence-electron chi connectivity index (χ1n) is 23.1. The van der Waals surface area contributed by atoms with Gasteiger partial charge in [-0.3, -0.25) is 24.5 Å². The van der Waals surface area contributed by atoms with Crippen molar-refractivity contribution < 1.29 is 42.6 Å². The summed E-state index contributed by atoms with van der Waals surface area (Å²) >= 11 is 0. The quantitative estimate of drug-likeness (QED) is 0.0467. The van der Waals surface area contributed by atoms with Gasteiger partial charge in [0.1, 0.15) is 34.8 Å². The maximum atomic E-state index is 13.6. The summed E-state index contributed by atoms with van der Waals surface area (Å²) in [6.07, 6.45) is 4.88. The zero-order valence-electron chi connectivity index (χ0n) is 38.3. The molecule has 9 rings (SSSR count). The third kappa shape index (κ3) is 9.75. The fourth-order valence-electron chi connectivity index (χ4n) is 8.97. The molecule has 67 heavy (non-hydrogen) atoms. The molecule has 19 heteroatoms. The van der Waals surface area contributed by atoms with Crippen molar-refractivity contribution >= 4 is 57.2 Å². The highest BCUT2D eigenvalue weighted by atomic mass is 16.5. The number of aromatic amines is 1. The number of benzene rings is 2. The van der Waals surface area contributed by atoms with Crippen LogP contribution in [0.25, 0.3) is 33.1 Å². The van der Waals surface area contributed by atoms with Gasteiger partial charge in [-0.15, -0.1) is 0 Å². The second kappa shape index (κ2) is 20.0. The van der Waals surface area contributed by atoms with E-state index in [1.165, 1.54) is 0 Å². The molecule has 3 aliphatic rings. The number of anilines is 2. The highest BCUT2D eigenvalue weighted by molar-refractivity contribution is 6.14. The Hall–Kier alpha value is -6.70. The predicted molar refractivity (Wildman–Crippen MR) is 246 cm³/mol. The first kappa shape index (κ1) is 45.5. The van der Waals surface area contributed by atoms with Crippen LogP contribution in [0.1, 0.15) is 101 Å². The van der Waals surface area contributed by atoms with Crippen LogP contribution in [0.3, 0.4) is 0 Å². The van der Waals surface area contributed by atoms with Gasteiger partial charge in [0, 0.05) is 73.3 Å². The number of hydrogen-bond acceptors (Lipinski definition) is 14. The number of rotatable bonds is 22. The number of piperidine rings is 1. The molecule has 4 amide bonds. The Balaban J connectivity index is 0.729. The zero-order chi connectivity index (χ0) is 46.6. The number of aromatic nitrogens is 6. The van der Waals surface area contributed by atoms with E-state index in [-0.39, 0.29) is 24.1 Å². The van der Waals surface area contributed by atoms with Gasteiger partial charge in [-0.25, -0.2) is 14.6 Å². The van der Waals surface area contributed by atoms with Crippen molar-refractivity contribution in [2.45, 2.75) is 90.8 Å². The molecule has 1 aliphatic carbocycles. The summed E-state index contributed by atoms with van der Waals surface area (Å²) in [6.45, 7) is 9.79. The maximum Gasteiger partial charge on any atom is 0.289 e. The molecule has 1 unspecified atom stereocenters. The molecular formula is C48H56N10O9. The van der Waals surface area contributed by atoms with E-state index in [0.717, 1.165) is 76.0 Å². The van der Waals surface area contributed by atoms with Crippen LogP contribution in [0.5, 0.6) is 5.75 Å². The lowest BCUT2D eigenvalue weighted by atomic mass is 10.00. The minimum Gasteiger partial charge on any atom is -0.496 e. The van der Waals surface area contributed by atoms with Crippen molar-refractivity contribution in [1.82, 2.24) is 45.4 Å². The van der Waals surface area contributed by atoms with Crippen LogP contribution in [-0.2, 0) is 43.3 Å². The summed E-state index contributed by atoms with van der Waals surface area (Å²) in [5.41, 5.74) is 7.34. The number of amides is 4. The minimum atomic E-state index is -0.632. The number of aryl methyl sites for hydroxylation is 4. The third-order valence-electron chi connectivity index (χ3n) is 12.5. The standard InChI is InChI=1S/C48H56N10O9/c1-5-58-39(25-35(55-58)30-12-13-30)51-44-42-32-24-38(63-4)33(41-27(2)56-67-28(41)3)23-36(32)50-43(42)53-45(54-44)47(61)49-16-8-18-65-20-22-66-21-19-64-17-7-10-29-9-6-11-31-34(29)26-57(48(31)62)37-14-15-40(59)52-46(37)60/h6,9,11,23-25,30,37H,5,7-8,10,12-22,26H2,1-4H3,(H,49,61)(H,52,59,60)(H2,50,51,53,54). The molecule has 6 heterocycles. The first-order valence-corrected chi connectivity index (χ1v) is 23.1. The molecule has 0 spiro atoms. The van der Waals surface area contributed by atoms with Crippen LogP contribution in [0.4, 0.5) is 11.6 Å². The number of fused-ring (bicyclic) bond motifs is 4. The minimum absolute atomic E-state index is 0.0134. The van der Waals surface area contributed by atoms with Gasteiger partial charge in [-0.2, -0.15) is 5.10 Å². The lowest BCUT2D eigenvalue weighted by Crippen LogP contribution is -2.52. The van der Waals surface area contributed by atoms with Gasteiger partial charge in [0.05, 0.1) is 55.9 Å². The van der Waals surface area contributed by atoms with Crippen molar-refractivity contribution in [3.8, 4) is 16.9 Å². The second-order valence-corrected chi connectivity index (χ2v) is 17.1. The SMILES string of the molecule is CCn1nc(C2CC2)cc1Nc1nc(C(=O)NCCCOCCOCCOCCCc2cccc3c2CN(C2CCC(=O)NC2=O)C3=O)nc2[nH]c3cc(-c4c(C)noc4C)c(OC)cc3c12. The molecule has 2 aromatic carbocycles. The van der Waals surface area contributed by atoms with Crippen LogP contribution in [0, 0.1) is 13.8 Å². The smallest absolute Gasteiger partial charge is 0.289 e. The van der Waals surface area contributed by atoms with Gasteiger partial charge in [-0.1, -0.05) is 17.3 Å². The van der Waals surface area contributed by atoms with Gasteiger partial charge >= 0.3 is 0 Å². The number of carbonyl (C=O) groups excluding carboxylic acids is 4. The summed E-state index contributed by atoms with van der Waals surface area (Å²) in [7, 11) is 1.63. The van der Waals surface area contributed by atoms with Crippen molar-refractivity contribution in [3.63, 3.8) is 0 Å². The van der Waals surface area contributed by atoms with E-state index < -0.39 is 17.9 Å². The van der Waals surface area contributed by atoms with Crippen molar-refractivity contribution in [2.75, 3.05) is 58.6 Å². The van der Waals surface area contributed by atoms with Crippen molar-refractivity contribution in [2.24, 2.45) is 0 Å². The number of imide groups is 1. The van der Waals surface area contributed by atoms with E-state index in [2.05, 4.69) is 32.2 Å². The van der Waals surface area contributed by atoms with Gasteiger partial charge in [0.15, 0.2) is 0 Å². The van der Waals surface area contributed by atoms with Gasteiger partial charge in [0.25, 0.3) is 11.8 Å². The Labute approximate surface area is 386 Å². The van der Waals surface area contributed by atoms with Crippen LogP contribution < -0.4 is 20.7 Å². The highest BCUT2D eigenvalue weighted by Gasteiger charge is 2.39. The van der Waals surface area contributed by atoms with Crippen molar-refractivity contribution in [1.29, 1.82) is 0 Å². The second-order valence-electron chi connectivity index (χ2n) is 17.1. The Morgan fingerprint density at radius 1 is 0.940 bits per heavy atom. The monoisotopic (exact) mass is 916 g/mol. The van der Waals surface area contributed by atoms with Gasteiger partial charge in [0.2, 0.25) is 17.6 Å². The summed E-state index contributed by atoms with van der Waals surface area (Å²) in [5.74, 6) is 1.73. The summed E-state index contributed by atoms with van der Waals surface area (Å²) in [6, 6.07) is 11.0. The van der Waals surface area contributed by atoms with Crippen molar-refractivity contribution in [3.05, 3.63) is 76.1 Å². The molecular weight excluding hydrogens is 861 g/mol. The average molecular weight is 917 g/mol. The molecule has 1 saturated carbocycles. The summed E-state index contributed by atoms with van der Waals surface area (Å²) in [5, 5.41) is 19.3. The maximum absolute atomic E-state index is 13.6. The topological polar surface area (TPSA) is 230 Å². The highest BCUT2D eigenvalue weighted by Crippen LogP contribution is 2.43. The number of hydrogen-bond donors (Lipinski definition) is 4. The molecule has 19 nitrogen and oxygen atoms in total. The molecule has 6 aromatic rings. The molecule has 2 aliphatic heterocycles. The first-order chi connectivity index (χ1) is 32.6. The molecule has 1 atom stereocenters. The van der Waals surface area contributed by atoms with Gasteiger partial charge < -0.3 is 44.0 Å². The van der Waals surface area contributed by atoms with E-state index in [1.807, 2.05) is 49.7 Å². The zero-order valence-corrected chi connectivity index (χ0v) is 38.3. The Bertz CT molecular complexity index is 2810. The molecule has 2 fully saturated rings.